The summed E-state index contributed by atoms with van der Waals surface area (Å²) in [7, 11) is 1.84. The molecule has 0 bridgehead atoms. The zero-order valence-electron chi connectivity index (χ0n) is 10.8. The molecule has 17 heavy (non-hydrogen) atoms. The third-order valence-corrected chi connectivity index (χ3v) is 3.37. The fourth-order valence-electron chi connectivity index (χ4n) is 2.15. The quantitative estimate of drug-likeness (QED) is 0.822. The summed E-state index contributed by atoms with van der Waals surface area (Å²) < 4.78 is 2.06. The number of rotatable bonds is 3. The van der Waals surface area contributed by atoms with Crippen LogP contribution in [0, 0.1) is 6.92 Å². The Hall–Kier alpha value is -1.36. The van der Waals surface area contributed by atoms with Gasteiger partial charge in [0.25, 0.3) is 0 Å². The number of aryl methyl sites for hydroxylation is 1. The van der Waals surface area contributed by atoms with E-state index in [1.165, 1.54) is 5.69 Å². The van der Waals surface area contributed by atoms with Gasteiger partial charge in [0.1, 0.15) is 12.4 Å². The number of nitrogens with zero attached hydrogens (tertiary/aromatic N) is 3. The van der Waals surface area contributed by atoms with Gasteiger partial charge in [0.05, 0.1) is 5.69 Å². The SMILES string of the molecule is CCN(C)C(=O)Cn1c(C)nc2c1CCNC2. The molecule has 2 heterocycles. The molecule has 94 valence electrons. The Morgan fingerprint density at radius 2 is 2.35 bits per heavy atom. The van der Waals surface area contributed by atoms with Crippen LogP contribution in [0.2, 0.25) is 0 Å². The van der Waals surface area contributed by atoms with Crippen molar-refractivity contribution >= 4 is 5.91 Å². The first kappa shape index (κ1) is 12.1. The van der Waals surface area contributed by atoms with Crippen LogP contribution in [0.5, 0.6) is 0 Å². The molecule has 1 N–H and O–H groups in total. The maximum atomic E-state index is 11.9. The predicted octanol–water partition coefficient (Wildman–Crippen LogP) is 0.316. The molecule has 0 saturated heterocycles. The molecule has 1 amide bonds. The molecule has 2 rings (SSSR count). The van der Waals surface area contributed by atoms with Gasteiger partial charge in [-0.1, -0.05) is 0 Å². The van der Waals surface area contributed by atoms with Crippen molar-refractivity contribution in [1.29, 1.82) is 0 Å². The van der Waals surface area contributed by atoms with E-state index in [0.717, 1.165) is 37.6 Å². The minimum Gasteiger partial charge on any atom is -0.344 e. The van der Waals surface area contributed by atoms with Crippen LogP contribution in [0.3, 0.4) is 0 Å². The van der Waals surface area contributed by atoms with Crippen LogP contribution < -0.4 is 5.32 Å². The number of amides is 1. The van der Waals surface area contributed by atoms with Crippen LogP contribution in [0.15, 0.2) is 0 Å². The lowest BCUT2D eigenvalue weighted by atomic mass is 10.2. The molecule has 1 aromatic rings. The van der Waals surface area contributed by atoms with E-state index >= 15 is 0 Å². The van der Waals surface area contributed by atoms with E-state index in [0.29, 0.717) is 6.54 Å². The summed E-state index contributed by atoms with van der Waals surface area (Å²) in [6.07, 6.45) is 0.958. The van der Waals surface area contributed by atoms with E-state index in [-0.39, 0.29) is 5.91 Å². The van der Waals surface area contributed by atoms with Crippen molar-refractivity contribution in [3.05, 3.63) is 17.2 Å². The molecule has 0 unspecified atom stereocenters. The van der Waals surface area contributed by atoms with Crippen molar-refractivity contribution in [2.75, 3.05) is 20.1 Å². The molecule has 1 aliphatic rings. The van der Waals surface area contributed by atoms with Gasteiger partial charge in [-0.15, -0.1) is 0 Å². The molecule has 0 aromatic carbocycles. The Kier molecular flexibility index (Phi) is 3.47. The number of hydrogen-bond donors (Lipinski definition) is 1. The number of imidazole rings is 1. The highest BCUT2D eigenvalue weighted by Crippen LogP contribution is 2.15. The topological polar surface area (TPSA) is 50.2 Å². The summed E-state index contributed by atoms with van der Waals surface area (Å²) in [6, 6.07) is 0. The first-order chi connectivity index (χ1) is 8.13. The Morgan fingerprint density at radius 3 is 3.06 bits per heavy atom. The summed E-state index contributed by atoms with van der Waals surface area (Å²) in [5, 5.41) is 3.30. The minimum absolute atomic E-state index is 0.148. The molecule has 0 spiro atoms. The normalized spacial score (nSPS) is 14.5. The lowest BCUT2D eigenvalue weighted by Gasteiger charge is -2.18. The number of aromatic nitrogens is 2. The molecule has 0 radical (unpaired) electrons. The first-order valence-electron chi connectivity index (χ1n) is 6.13. The number of carbonyl (C=O) groups excluding carboxylic acids is 1. The average molecular weight is 236 g/mol. The zero-order valence-corrected chi connectivity index (χ0v) is 10.8. The fraction of sp³-hybridized carbons (Fsp3) is 0.667. The molecular formula is C12H20N4O. The van der Waals surface area contributed by atoms with Gasteiger partial charge in [-0.2, -0.15) is 0 Å². The van der Waals surface area contributed by atoms with Crippen molar-refractivity contribution in [2.24, 2.45) is 0 Å². The van der Waals surface area contributed by atoms with E-state index < -0.39 is 0 Å². The second-order valence-corrected chi connectivity index (χ2v) is 4.47. The highest BCUT2D eigenvalue weighted by Gasteiger charge is 2.19. The minimum atomic E-state index is 0.148. The van der Waals surface area contributed by atoms with Gasteiger partial charge < -0.3 is 14.8 Å². The third-order valence-electron chi connectivity index (χ3n) is 3.37. The van der Waals surface area contributed by atoms with Gasteiger partial charge in [-0.3, -0.25) is 4.79 Å². The molecule has 0 saturated carbocycles. The Morgan fingerprint density at radius 1 is 1.59 bits per heavy atom. The van der Waals surface area contributed by atoms with Gasteiger partial charge >= 0.3 is 0 Å². The van der Waals surface area contributed by atoms with Crippen molar-refractivity contribution in [2.45, 2.75) is 33.4 Å². The summed E-state index contributed by atoms with van der Waals surface area (Å²) in [6.45, 7) is 6.90. The average Bonchev–Trinajstić information content (AvgIpc) is 2.65. The summed E-state index contributed by atoms with van der Waals surface area (Å²) >= 11 is 0. The van der Waals surface area contributed by atoms with E-state index in [1.807, 2.05) is 20.9 Å². The Bertz CT molecular complexity index is 424. The van der Waals surface area contributed by atoms with Crippen molar-refractivity contribution in [3.63, 3.8) is 0 Å². The van der Waals surface area contributed by atoms with E-state index in [1.54, 1.807) is 4.90 Å². The molecule has 0 fully saturated rings. The monoisotopic (exact) mass is 236 g/mol. The molecular weight excluding hydrogens is 216 g/mol. The lowest BCUT2D eigenvalue weighted by Crippen LogP contribution is -2.32. The van der Waals surface area contributed by atoms with Crippen LogP contribution in [0.4, 0.5) is 0 Å². The molecule has 5 heteroatoms. The standard InChI is InChI=1S/C12H20N4O/c1-4-15(3)12(17)8-16-9(2)14-10-7-13-6-5-11(10)16/h13H,4-8H2,1-3H3. The van der Waals surface area contributed by atoms with E-state index in [4.69, 9.17) is 0 Å². The van der Waals surface area contributed by atoms with E-state index in [2.05, 4.69) is 14.9 Å². The van der Waals surface area contributed by atoms with Gasteiger partial charge in [0, 0.05) is 38.8 Å². The number of hydrogen-bond acceptors (Lipinski definition) is 3. The Balaban J connectivity index is 2.21. The van der Waals surface area contributed by atoms with Gasteiger partial charge in [-0.25, -0.2) is 4.98 Å². The number of fused-ring (bicyclic) bond motifs is 1. The molecule has 5 nitrogen and oxygen atoms in total. The van der Waals surface area contributed by atoms with Crippen LogP contribution >= 0.6 is 0 Å². The second-order valence-electron chi connectivity index (χ2n) is 4.47. The maximum absolute atomic E-state index is 11.9. The largest absolute Gasteiger partial charge is 0.344 e. The molecule has 0 aliphatic carbocycles. The predicted molar refractivity (Wildman–Crippen MR) is 65.7 cm³/mol. The highest BCUT2D eigenvalue weighted by molar-refractivity contribution is 5.75. The highest BCUT2D eigenvalue weighted by atomic mass is 16.2. The Labute approximate surface area is 102 Å². The zero-order chi connectivity index (χ0) is 12.4. The van der Waals surface area contributed by atoms with Gasteiger partial charge in [-0.05, 0) is 13.8 Å². The second kappa shape index (κ2) is 4.87. The van der Waals surface area contributed by atoms with E-state index in [9.17, 15) is 4.79 Å². The first-order valence-corrected chi connectivity index (χ1v) is 6.13. The summed E-state index contributed by atoms with van der Waals surface area (Å²) in [5.74, 6) is 1.09. The molecule has 1 aliphatic heterocycles. The van der Waals surface area contributed by atoms with Crippen molar-refractivity contribution < 1.29 is 4.79 Å². The third kappa shape index (κ3) is 2.34. The number of likely N-dealkylation sites (N-methyl/N-ethyl adjacent to an activating group) is 1. The summed E-state index contributed by atoms with van der Waals surface area (Å²) in [5.41, 5.74) is 2.32. The van der Waals surface area contributed by atoms with Crippen LogP contribution in [-0.4, -0.2) is 40.5 Å². The maximum Gasteiger partial charge on any atom is 0.242 e. The van der Waals surface area contributed by atoms with Crippen molar-refractivity contribution in [1.82, 2.24) is 19.8 Å². The number of carbonyl (C=O) groups is 1. The van der Waals surface area contributed by atoms with Gasteiger partial charge in [0.15, 0.2) is 0 Å². The molecule has 1 aromatic heterocycles. The van der Waals surface area contributed by atoms with Gasteiger partial charge in [0.2, 0.25) is 5.91 Å². The number of nitrogens with one attached hydrogen (secondary N) is 1. The van der Waals surface area contributed by atoms with Crippen molar-refractivity contribution in [3.8, 4) is 0 Å². The smallest absolute Gasteiger partial charge is 0.242 e. The van der Waals surface area contributed by atoms with Crippen LogP contribution in [0.1, 0.15) is 24.1 Å². The lowest BCUT2D eigenvalue weighted by molar-refractivity contribution is -0.130. The van der Waals surface area contributed by atoms with Crippen LogP contribution in [-0.2, 0) is 24.3 Å². The molecule has 0 atom stereocenters. The fourth-order valence-corrected chi connectivity index (χ4v) is 2.15. The summed E-state index contributed by atoms with van der Waals surface area (Å²) in [4.78, 5) is 18.2. The van der Waals surface area contributed by atoms with Crippen LogP contribution in [0.25, 0.3) is 0 Å².